The standard InChI is InChI=1S/C20H25N3/c1-2-11-23(12-3-1)15-22-20-13-19(20)17-8-6-16(7-9-17)18-5-4-10-21-14-18/h4-10,14,19-20,22H,1-3,11-13,15H2/t19-,20+/m0/s1. The molecule has 3 nitrogen and oxygen atoms in total. The molecule has 2 fully saturated rings. The van der Waals surface area contributed by atoms with E-state index in [-0.39, 0.29) is 0 Å². The predicted octanol–water partition coefficient (Wildman–Crippen LogP) is 3.64. The summed E-state index contributed by atoms with van der Waals surface area (Å²) in [5.41, 5.74) is 3.91. The first-order valence-electron chi connectivity index (χ1n) is 8.86. The Hall–Kier alpha value is -1.71. The van der Waals surface area contributed by atoms with Gasteiger partial charge in [-0.3, -0.25) is 9.88 Å². The highest BCUT2D eigenvalue weighted by Gasteiger charge is 2.38. The minimum absolute atomic E-state index is 0.668. The quantitative estimate of drug-likeness (QED) is 0.914. The van der Waals surface area contributed by atoms with Crippen molar-refractivity contribution in [2.75, 3.05) is 19.8 Å². The molecule has 2 aliphatic rings. The van der Waals surface area contributed by atoms with Crippen molar-refractivity contribution in [2.24, 2.45) is 0 Å². The topological polar surface area (TPSA) is 28.2 Å². The summed E-state index contributed by atoms with van der Waals surface area (Å²) in [4.78, 5) is 6.76. The van der Waals surface area contributed by atoms with E-state index in [0.717, 1.165) is 6.67 Å². The largest absolute Gasteiger partial charge is 0.301 e. The highest BCUT2D eigenvalue weighted by molar-refractivity contribution is 5.62. The molecule has 4 rings (SSSR count). The predicted molar refractivity (Wildman–Crippen MR) is 94.2 cm³/mol. The van der Waals surface area contributed by atoms with Gasteiger partial charge in [0.25, 0.3) is 0 Å². The number of piperidine rings is 1. The number of benzene rings is 1. The van der Waals surface area contributed by atoms with Gasteiger partial charge in [-0.2, -0.15) is 0 Å². The maximum Gasteiger partial charge on any atom is 0.0482 e. The fraction of sp³-hybridized carbons (Fsp3) is 0.450. The van der Waals surface area contributed by atoms with Crippen LogP contribution in [0.3, 0.4) is 0 Å². The van der Waals surface area contributed by atoms with Crippen LogP contribution in [-0.2, 0) is 0 Å². The molecule has 0 radical (unpaired) electrons. The molecule has 23 heavy (non-hydrogen) atoms. The second-order valence-electron chi connectivity index (χ2n) is 6.85. The molecule has 1 aliphatic carbocycles. The fourth-order valence-electron chi connectivity index (χ4n) is 3.61. The molecule has 0 unspecified atom stereocenters. The van der Waals surface area contributed by atoms with Crippen molar-refractivity contribution >= 4 is 0 Å². The molecule has 1 saturated carbocycles. The SMILES string of the molecule is c1cncc(-c2ccc([C@@H]3C[C@H]3NCN3CCCCC3)cc2)c1. The van der Waals surface area contributed by atoms with Gasteiger partial charge in [-0.25, -0.2) is 0 Å². The van der Waals surface area contributed by atoms with Crippen LogP contribution in [0.2, 0.25) is 0 Å². The molecular weight excluding hydrogens is 282 g/mol. The summed E-state index contributed by atoms with van der Waals surface area (Å²) in [7, 11) is 0. The lowest BCUT2D eigenvalue weighted by Crippen LogP contribution is -2.38. The third-order valence-corrected chi connectivity index (χ3v) is 5.15. The molecule has 1 aromatic carbocycles. The molecule has 1 aromatic heterocycles. The molecular formula is C20H25N3. The van der Waals surface area contributed by atoms with Gasteiger partial charge in [-0.15, -0.1) is 0 Å². The number of pyridine rings is 1. The molecule has 1 aliphatic heterocycles. The summed E-state index contributed by atoms with van der Waals surface area (Å²) in [6.45, 7) is 3.60. The Morgan fingerprint density at radius 3 is 2.57 bits per heavy atom. The first-order valence-corrected chi connectivity index (χ1v) is 8.86. The Bertz CT molecular complexity index is 617. The molecule has 120 valence electrons. The van der Waals surface area contributed by atoms with Crippen LogP contribution >= 0.6 is 0 Å². The number of aromatic nitrogens is 1. The smallest absolute Gasteiger partial charge is 0.0482 e. The Morgan fingerprint density at radius 1 is 1.00 bits per heavy atom. The lowest BCUT2D eigenvalue weighted by atomic mass is 10.0. The third kappa shape index (κ3) is 3.62. The molecule has 0 bridgehead atoms. The average molecular weight is 307 g/mol. The maximum atomic E-state index is 4.20. The van der Waals surface area contributed by atoms with Crippen LogP contribution < -0.4 is 5.32 Å². The van der Waals surface area contributed by atoms with Crippen molar-refractivity contribution in [3.05, 3.63) is 54.4 Å². The van der Waals surface area contributed by atoms with Crippen molar-refractivity contribution in [1.82, 2.24) is 15.2 Å². The van der Waals surface area contributed by atoms with Gasteiger partial charge in [0.1, 0.15) is 0 Å². The molecule has 2 heterocycles. The van der Waals surface area contributed by atoms with Crippen LogP contribution in [0.25, 0.3) is 11.1 Å². The fourth-order valence-corrected chi connectivity index (χ4v) is 3.61. The number of nitrogens with one attached hydrogen (secondary N) is 1. The van der Waals surface area contributed by atoms with E-state index in [2.05, 4.69) is 45.5 Å². The van der Waals surface area contributed by atoms with Crippen molar-refractivity contribution < 1.29 is 0 Å². The van der Waals surface area contributed by atoms with E-state index >= 15 is 0 Å². The van der Waals surface area contributed by atoms with Crippen molar-refractivity contribution in [3.8, 4) is 11.1 Å². The van der Waals surface area contributed by atoms with Crippen molar-refractivity contribution in [3.63, 3.8) is 0 Å². The normalized spacial score (nSPS) is 24.5. The third-order valence-electron chi connectivity index (χ3n) is 5.15. The van der Waals surface area contributed by atoms with Crippen molar-refractivity contribution in [1.29, 1.82) is 0 Å². The average Bonchev–Trinajstić information content (AvgIpc) is 3.41. The van der Waals surface area contributed by atoms with Crippen LogP contribution in [0, 0.1) is 0 Å². The second-order valence-corrected chi connectivity index (χ2v) is 6.85. The number of likely N-dealkylation sites (tertiary alicyclic amines) is 1. The lowest BCUT2D eigenvalue weighted by Gasteiger charge is -2.26. The Balaban J connectivity index is 1.31. The summed E-state index contributed by atoms with van der Waals surface area (Å²) in [5.74, 6) is 0.697. The molecule has 2 aromatic rings. The van der Waals surface area contributed by atoms with Crippen LogP contribution in [0.4, 0.5) is 0 Å². The highest BCUT2D eigenvalue weighted by Crippen LogP contribution is 2.41. The van der Waals surface area contributed by atoms with Gasteiger partial charge >= 0.3 is 0 Å². The molecule has 1 saturated heterocycles. The van der Waals surface area contributed by atoms with Crippen LogP contribution in [0.1, 0.15) is 37.2 Å². The van der Waals surface area contributed by atoms with Gasteiger partial charge in [0.2, 0.25) is 0 Å². The summed E-state index contributed by atoms with van der Waals surface area (Å²) in [5, 5.41) is 3.74. The minimum atomic E-state index is 0.668. The van der Waals surface area contributed by atoms with Crippen LogP contribution in [-0.4, -0.2) is 35.7 Å². The first-order chi connectivity index (χ1) is 11.4. The summed E-state index contributed by atoms with van der Waals surface area (Å²) in [6, 6.07) is 13.8. The highest BCUT2D eigenvalue weighted by atomic mass is 15.2. The minimum Gasteiger partial charge on any atom is -0.301 e. The van der Waals surface area contributed by atoms with Gasteiger partial charge in [-0.05, 0) is 55.1 Å². The monoisotopic (exact) mass is 307 g/mol. The number of nitrogens with zero attached hydrogens (tertiary/aromatic N) is 2. The molecule has 0 amide bonds. The Labute approximate surface area is 138 Å². The zero-order valence-electron chi connectivity index (χ0n) is 13.6. The summed E-state index contributed by atoms with van der Waals surface area (Å²) >= 11 is 0. The molecule has 1 N–H and O–H groups in total. The van der Waals surface area contributed by atoms with E-state index in [1.165, 1.54) is 55.5 Å². The number of rotatable bonds is 5. The molecule has 2 atom stereocenters. The second kappa shape index (κ2) is 6.81. The van der Waals surface area contributed by atoms with Crippen molar-refractivity contribution in [2.45, 2.75) is 37.6 Å². The van der Waals surface area contributed by atoms with E-state index in [0.29, 0.717) is 12.0 Å². The van der Waals surface area contributed by atoms with E-state index in [9.17, 15) is 0 Å². The zero-order valence-corrected chi connectivity index (χ0v) is 13.6. The van der Waals surface area contributed by atoms with E-state index in [1.54, 1.807) is 0 Å². The van der Waals surface area contributed by atoms with Crippen LogP contribution in [0.5, 0.6) is 0 Å². The lowest BCUT2D eigenvalue weighted by molar-refractivity contribution is 0.211. The summed E-state index contributed by atoms with van der Waals surface area (Å²) < 4.78 is 0. The van der Waals surface area contributed by atoms with Gasteiger partial charge < -0.3 is 5.32 Å². The van der Waals surface area contributed by atoms with Gasteiger partial charge in [-0.1, -0.05) is 36.8 Å². The Kier molecular flexibility index (Phi) is 4.40. The number of hydrogen-bond acceptors (Lipinski definition) is 3. The molecule has 3 heteroatoms. The van der Waals surface area contributed by atoms with Crippen LogP contribution in [0.15, 0.2) is 48.8 Å². The van der Waals surface area contributed by atoms with Gasteiger partial charge in [0, 0.05) is 31.0 Å². The maximum absolute atomic E-state index is 4.20. The van der Waals surface area contributed by atoms with E-state index in [1.807, 2.05) is 18.5 Å². The zero-order chi connectivity index (χ0) is 15.5. The first kappa shape index (κ1) is 14.9. The van der Waals surface area contributed by atoms with E-state index in [4.69, 9.17) is 0 Å². The molecule has 0 spiro atoms. The van der Waals surface area contributed by atoms with Gasteiger partial charge in [0.05, 0.1) is 0 Å². The van der Waals surface area contributed by atoms with Gasteiger partial charge in [0.15, 0.2) is 0 Å². The summed E-state index contributed by atoms with van der Waals surface area (Å²) in [6.07, 6.45) is 9.17. The van der Waals surface area contributed by atoms with E-state index < -0.39 is 0 Å². The Morgan fingerprint density at radius 2 is 1.83 bits per heavy atom. The number of hydrogen-bond donors (Lipinski definition) is 1.